The van der Waals surface area contributed by atoms with Crippen LogP contribution in [0.4, 0.5) is 0 Å². The number of carbonyl (C=O) groups is 2. The lowest BCUT2D eigenvalue weighted by molar-refractivity contribution is -0.143. The van der Waals surface area contributed by atoms with Gasteiger partial charge in [-0.3, -0.25) is 4.79 Å². The number of aryl methyl sites for hydroxylation is 1. The molecule has 118 valence electrons. The first-order valence-corrected chi connectivity index (χ1v) is 8.98. The molecule has 1 rings (SSSR count). The third-order valence-corrected chi connectivity index (χ3v) is 5.00. The fourth-order valence-corrected chi connectivity index (χ4v) is 3.29. The Labute approximate surface area is 133 Å². The highest BCUT2D eigenvalue weighted by Crippen LogP contribution is 2.16. The molecule has 1 aromatic rings. The summed E-state index contributed by atoms with van der Waals surface area (Å²) in [5.74, 6) is 0.200. The molecule has 2 N–H and O–H groups in total. The van der Waals surface area contributed by atoms with Gasteiger partial charge in [0.05, 0.1) is 10.7 Å². The first-order valence-electron chi connectivity index (χ1n) is 6.95. The molecule has 2 atom stereocenters. The maximum Gasteiger partial charge on any atom is 0.326 e. The van der Waals surface area contributed by atoms with Crippen molar-refractivity contribution in [2.45, 2.75) is 45.4 Å². The van der Waals surface area contributed by atoms with E-state index >= 15 is 0 Å². The normalized spacial score (nSPS) is 13.7. The highest BCUT2D eigenvalue weighted by molar-refractivity contribution is 7.98. The van der Waals surface area contributed by atoms with Gasteiger partial charge in [-0.15, -0.1) is 11.3 Å². The predicted molar refractivity (Wildman–Crippen MR) is 86.7 cm³/mol. The van der Waals surface area contributed by atoms with E-state index in [4.69, 9.17) is 5.11 Å². The molecule has 0 aliphatic heterocycles. The summed E-state index contributed by atoms with van der Waals surface area (Å²) in [5, 5.41) is 14.8. The summed E-state index contributed by atoms with van der Waals surface area (Å²) in [6.45, 7) is 5.71. The monoisotopic (exact) mass is 330 g/mol. The van der Waals surface area contributed by atoms with E-state index < -0.39 is 12.0 Å². The molecule has 1 heterocycles. The Balaban J connectivity index is 2.28. The average Bonchev–Trinajstić information content (AvgIpc) is 2.85. The van der Waals surface area contributed by atoms with Gasteiger partial charge in [-0.05, 0) is 12.8 Å². The zero-order valence-electron chi connectivity index (χ0n) is 12.6. The van der Waals surface area contributed by atoms with Crippen LogP contribution in [-0.2, 0) is 15.3 Å². The zero-order valence-corrected chi connectivity index (χ0v) is 14.2. The number of aromatic nitrogens is 1. The smallest absolute Gasteiger partial charge is 0.326 e. The fourth-order valence-electron chi connectivity index (χ4n) is 1.74. The highest BCUT2D eigenvalue weighted by Gasteiger charge is 2.24. The second kappa shape index (κ2) is 9.04. The quantitative estimate of drug-likeness (QED) is 0.681. The van der Waals surface area contributed by atoms with Crippen molar-refractivity contribution in [2.75, 3.05) is 5.75 Å². The van der Waals surface area contributed by atoms with Crippen molar-refractivity contribution in [3.8, 4) is 0 Å². The Kier molecular flexibility index (Phi) is 7.74. The number of amides is 1. The summed E-state index contributed by atoms with van der Waals surface area (Å²) in [5.41, 5.74) is 1.03. The summed E-state index contributed by atoms with van der Waals surface area (Å²) in [6.07, 6.45) is 1.04. The molecule has 1 aromatic heterocycles. The van der Waals surface area contributed by atoms with Crippen LogP contribution >= 0.6 is 23.1 Å². The van der Waals surface area contributed by atoms with Crippen LogP contribution in [0, 0.1) is 12.8 Å². The van der Waals surface area contributed by atoms with E-state index in [1.165, 1.54) is 0 Å². The Morgan fingerprint density at radius 2 is 2.24 bits per heavy atom. The van der Waals surface area contributed by atoms with Crippen LogP contribution in [-0.4, -0.2) is 33.8 Å². The molecule has 2 unspecified atom stereocenters. The molecule has 0 aliphatic rings. The van der Waals surface area contributed by atoms with Crippen LogP contribution in [0.15, 0.2) is 5.38 Å². The van der Waals surface area contributed by atoms with Gasteiger partial charge in [-0.25, -0.2) is 9.78 Å². The summed E-state index contributed by atoms with van der Waals surface area (Å²) < 4.78 is 0. The Hall–Kier alpha value is -1.08. The van der Waals surface area contributed by atoms with Crippen molar-refractivity contribution in [1.82, 2.24) is 10.3 Å². The first kappa shape index (κ1) is 18.0. The van der Waals surface area contributed by atoms with Crippen molar-refractivity contribution < 1.29 is 14.7 Å². The molecule has 0 saturated heterocycles. The minimum absolute atomic E-state index is 0.0721. The summed E-state index contributed by atoms with van der Waals surface area (Å²) >= 11 is 3.25. The van der Waals surface area contributed by atoms with Crippen LogP contribution in [0.2, 0.25) is 0 Å². The van der Waals surface area contributed by atoms with Gasteiger partial charge in [0.2, 0.25) is 5.91 Å². The molecule has 0 fully saturated rings. The molecule has 0 spiro atoms. The molecular weight excluding hydrogens is 308 g/mol. The van der Waals surface area contributed by atoms with Gasteiger partial charge >= 0.3 is 5.97 Å². The van der Waals surface area contributed by atoms with E-state index in [-0.39, 0.29) is 11.8 Å². The van der Waals surface area contributed by atoms with E-state index in [1.807, 2.05) is 26.2 Å². The van der Waals surface area contributed by atoms with E-state index in [1.54, 1.807) is 23.1 Å². The van der Waals surface area contributed by atoms with Gasteiger partial charge in [-0.1, -0.05) is 20.3 Å². The minimum Gasteiger partial charge on any atom is -0.480 e. The SMILES string of the molecule is CCC(C)C(NC(=O)CCSCc1csc(C)n1)C(=O)O. The summed E-state index contributed by atoms with van der Waals surface area (Å²) in [4.78, 5) is 27.3. The second-order valence-corrected chi connectivity index (χ2v) is 7.10. The molecular formula is C14H22N2O3S2. The number of aliphatic carboxylic acids is 1. The lowest BCUT2D eigenvalue weighted by Gasteiger charge is -2.20. The van der Waals surface area contributed by atoms with Crippen molar-refractivity contribution in [2.24, 2.45) is 5.92 Å². The molecule has 0 radical (unpaired) electrons. The Morgan fingerprint density at radius 1 is 1.52 bits per heavy atom. The van der Waals surface area contributed by atoms with E-state index in [9.17, 15) is 9.59 Å². The van der Waals surface area contributed by atoms with Crippen molar-refractivity contribution in [3.05, 3.63) is 16.1 Å². The third kappa shape index (κ3) is 6.48. The Morgan fingerprint density at radius 3 is 2.76 bits per heavy atom. The number of hydrogen-bond acceptors (Lipinski definition) is 5. The highest BCUT2D eigenvalue weighted by atomic mass is 32.2. The molecule has 0 aromatic carbocycles. The van der Waals surface area contributed by atoms with Crippen LogP contribution in [0.1, 0.15) is 37.4 Å². The molecule has 21 heavy (non-hydrogen) atoms. The summed E-state index contributed by atoms with van der Waals surface area (Å²) in [7, 11) is 0. The summed E-state index contributed by atoms with van der Waals surface area (Å²) in [6, 6.07) is -0.798. The van der Waals surface area contributed by atoms with Crippen LogP contribution in [0.3, 0.4) is 0 Å². The van der Waals surface area contributed by atoms with Crippen molar-refractivity contribution >= 4 is 35.0 Å². The molecule has 5 nitrogen and oxygen atoms in total. The lowest BCUT2D eigenvalue weighted by Crippen LogP contribution is -2.45. The van der Waals surface area contributed by atoms with Gasteiger partial charge in [0, 0.05) is 23.3 Å². The van der Waals surface area contributed by atoms with Gasteiger partial charge < -0.3 is 10.4 Å². The number of thiazole rings is 1. The number of carboxylic acids is 1. The van der Waals surface area contributed by atoms with Crippen LogP contribution in [0.25, 0.3) is 0 Å². The van der Waals surface area contributed by atoms with E-state index in [0.717, 1.165) is 22.9 Å². The largest absolute Gasteiger partial charge is 0.480 e. The number of carbonyl (C=O) groups excluding carboxylic acids is 1. The standard InChI is InChI=1S/C14H22N2O3S2/c1-4-9(2)13(14(18)19)16-12(17)5-6-20-7-11-8-21-10(3)15-11/h8-9,13H,4-7H2,1-3H3,(H,16,17)(H,18,19). The van der Waals surface area contributed by atoms with Gasteiger partial charge in [-0.2, -0.15) is 11.8 Å². The van der Waals surface area contributed by atoms with Crippen molar-refractivity contribution in [3.63, 3.8) is 0 Å². The molecule has 1 amide bonds. The van der Waals surface area contributed by atoms with Gasteiger partial charge in [0.15, 0.2) is 0 Å². The second-order valence-electron chi connectivity index (χ2n) is 4.93. The van der Waals surface area contributed by atoms with Crippen LogP contribution < -0.4 is 5.32 Å². The topological polar surface area (TPSA) is 79.3 Å². The Bertz CT molecular complexity index is 477. The average molecular weight is 330 g/mol. The zero-order chi connectivity index (χ0) is 15.8. The van der Waals surface area contributed by atoms with Crippen molar-refractivity contribution in [1.29, 1.82) is 0 Å². The number of hydrogen-bond donors (Lipinski definition) is 2. The van der Waals surface area contributed by atoms with E-state index in [0.29, 0.717) is 12.2 Å². The molecule has 0 saturated carbocycles. The molecule has 7 heteroatoms. The van der Waals surface area contributed by atoms with Gasteiger partial charge in [0.1, 0.15) is 6.04 Å². The maximum atomic E-state index is 11.8. The number of nitrogens with one attached hydrogen (secondary N) is 1. The number of carboxylic acid groups (broad SMARTS) is 1. The van der Waals surface area contributed by atoms with Gasteiger partial charge in [0.25, 0.3) is 0 Å². The fraction of sp³-hybridized carbons (Fsp3) is 0.643. The number of nitrogens with zero attached hydrogens (tertiary/aromatic N) is 1. The van der Waals surface area contributed by atoms with E-state index in [2.05, 4.69) is 10.3 Å². The third-order valence-electron chi connectivity index (χ3n) is 3.19. The number of thioether (sulfide) groups is 1. The maximum absolute atomic E-state index is 11.8. The predicted octanol–water partition coefficient (Wildman–Crippen LogP) is 2.69. The molecule has 0 bridgehead atoms. The lowest BCUT2D eigenvalue weighted by atomic mass is 9.99. The minimum atomic E-state index is -0.969. The molecule has 0 aliphatic carbocycles. The first-order chi connectivity index (χ1) is 9.93. The van der Waals surface area contributed by atoms with Crippen LogP contribution in [0.5, 0.6) is 0 Å². The number of rotatable bonds is 9.